The average Bonchev–Trinajstić information content (AvgIpc) is 2.26. The van der Waals surface area contributed by atoms with Crippen LogP contribution in [0.15, 0.2) is 28.7 Å². The summed E-state index contributed by atoms with van der Waals surface area (Å²) >= 11 is 3.53. The van der Waals surface area contributed by atoms with E-state index in [1.807, 2.05) is 6.92 Å². The van der Waals surface area contributed by atoms with Crippen molar-refractivity contribution in [1.82, 2.24) is 5.32 Å². The van der Waals surface area contributed by atoms with Gasteiger partial charge in [0.05, 0.1) is 0 Å². The maximum absolute atomic E-state index is 3.55. The van der Waals surface area contributed by atoms with Gasteiger partial charge >= 0.3 is 0 Å². The van der Waals surface area contributed by atoms with Crippen LogP contribution in [0.5, 0.6) is 0 Å². The molecule has 1 N–H and O–H groups in total. The smallest absolute Gasteiger partial charge is 0.0214 e. The summed E-state index contributed by atoms with van der Waals surface area (Å²) in [5.74, 6) is 6.74. The average molecular weight is 292 g/mol. The first-order chi connectivity index (χ1) is 8.29. The molecule has 2 rings (SSSR count). The van der Waals surface area contributed by atoms with Gasteiger partial charge in [-0.2, -0.15) is 0 Å². The summed E-state index contributed by atoms with van der Waals surface area (Å²) in [6, 6.07) is 9.37. The van der Waals surface area contributed by atoms with E-state index in [0.717, 1.165) is 18.9 Å². The third-order valence-electron chi connectivity index (χ3n) is 3.32. The Balaban J connectivity index is 1.73. The monoisotopic (exact) mass is 291 g/mol. The van der Waals surface area contributed by atoms with E-state index < -0.39 is 0 Å². The van der Waals surface area contributed by atoms with Crippen LogP contribution in [0.2, 0.25) is 0 Å². The highest BCUT2D eigenvalue weighted by Crippen LogP contribution is 2.37. The molecule has 1 saturated carbocycles. The molecule has 0 unspecified atom stereocenters. The van der Waals surface area contributed by atoms with E-state index in [0.29, 0.717) is 6.04 Å². The zero-order valence-electron chi connectivity index (χ0n) is 10.2. The Morgan fingerprint density at radius 1 is 1.41 bits per heavy atom. The van der Waals surface area contributed by atoms with Crippen molar-refractivity contribution in [2.45, 2.75) is 38.1 Å². The summed E-state index contributed by atoms with van der Waals surface area (Å²) < 4.78 is 1.18. The molecular formula is C15H18BrN. The van der Waals surface area contributed by atoms with Crippen LogP contribution in [0, 0.1) is 11.8 Å². The lowest BCUT2D eigenvalue weighted by atomic mass is 9.76. The molecule has 2 heteroatoms. The summed E-state index contributed by atoms with van der Waals surface area (Å²) in [4.78, 5) is 0. The normalized spacial score (nSPS) is 22.5. The fourth-order valence-corrected chi connectivity index (χ4v) is 2.70. The first kappa shape index (κ1) is 12.7. The lowest BCUT2D eigenvalue weighted by molar-refractivity contribution is 0.293. The molecule has 17 heavy (non-hydrogen) atoms. The van der Waals surface area contributed by atoms with Crippen molar-refractivity contribution in [3.8, 4) is 11.8 Å². The summed E-state index contributed by atoms with van der Waals surface area (Å²) in [7, 11) is 0. The lowest BCUT2D eigenvalue weighted by Crippen LogP contribution is -2.40. The van der Waals surface area contributed by atoms with Gasteiger partial charge in [0.25, 0.3) is 0 Å². The van der Waals surface area contributed by atoms with E-state index in [2.05, 4.69) is 57.4 Å². The first-order valence-corrected chi connectivity index (χ1v) is 6.97. The highest BCUT2D eigenvalue weighted by molar-refractivity contribution is 9.10. The molecule has 1 aromatic carbocycles. The number of hydrogen-bond acceptors (Lipinski definition) is 1. The van der Waals surface area contributed by atoms with Crippen LogP contribution in [0.25, 0.3) is 0 Å². The molecule has 1 aliphatic carbocycles. The lowest BCUT2D eigenvalue weighted by Gasteiger charge is -2.36. The van der Waals surface area contributed by atoms with E-state index in [1.165, 1.54) is 22.9 Å². The number of halogens is 1. The van der Waals surface area contributed by atoms with Crippen molar-refractivity contribution in [1.29, 1.82) is 0 Å². The van der Waals surface area contributed by atoms with Gasteiger partial charge in [0, 0.05) is 23.5 Å². The van der Waals surface area contributed by atoms with Gasteiger partial charge in [-0.1, -0.05) is 28.1 Å². The van der Waals surface area contributed by atoms with Gasteiger partial charge in [-0.25, -0.2) is 0 Å². The molecule has 0 bridgehead atoms. The van der Waals surface area contributed by atoms with Gasteiger partial charge in [-0.15, -0.1) is 11.8 Å². The summed E-state index contributed by atoms with van der Waals surface area (Å²) in [5.41, 5.74) is 1.46. The topological polar surface area (TPSA) is 12.0 Å². The summed E-state index contributed by atoms with van der Waals surface area (Å²) in [6.45, 7) is 2.92. The zero-order valence-corrected chi connectivity index (χ0v) is 11.8. The molecule has 0 atom stereocenters. The van der Waals surface area contributed by atoms with E-state index >= 15 is 0 Å². The van der Waals surface area contributed by atoms with Crippen LogP contribution in [0.4, 0.5) is 0 Å². The molecule has 0 heterocycles. The van der Waals surface area contributed by atoms with Crippen molar-refractivity contribution in [2.75, 3.05) is 6.54 Å². The third-order valence-corrected chi connectivity index (χ3v) is 3.81. The quantitative estimate of drug-likeness (QED) is 0.659. The molecule has 0 amide bonds. The molecule has 90 valence electrons. The Bertz CT molecular complexity index is 424. The minimum atomic E-state index is 0.692. The second-order valence-electron chi connectivity index (χ2n) is 4.55. The van der Waals surface area contributed by atoms with Crippen LogP contribution >= 0.6 is 15.9 Å². The van der Waals surface area contributed by atoms with Gasteiger partial charge < -0.3 is 5.32 Å². The number of rotatable bonds is 4. The fraction of sp³-hybridized carbons (Fsp3) is 0.467. The van der Waals surface area contributed by atoms with Crippen molar-refractivity contribution in [3.63, 3.8) is 0 Å². The van der Waals surface area contributed by atoms with E-state index in [1.54, 1.807) is 0 Å². The highest BCUT2D eigenvalue weighted by Gasteiger charge is 2.29. The minimum Gasteiger partial charge on any atom is -0.313 e. The highest BCUT2D eigenvalue weighted by atomic mass is 79.9. The molecule has 0 saturated heterocycles. The number of hydrogen-bond donors (Lipinski definition) is 1. The van der Waals surface area contributed by atoms with Crippen LogP contribution < -0.4 is 5.32 Å². The molecule has 0 radical (unpaired) electrons. The largest absolute Gasteiger partial charge is 0.313 e. The van der Waals surface area contributed by atoms with Gasteiger partial charge in [0.2, 0.25) is 0 Å². The number of benzene rings is 1. The molecule has 0 aliphatic heterocycles. The van der Waals surface area contributed by atoms with Crippen LogP contribution in [0.1, 0.15) is 37.7 Å². The Labute approximate surface area is 112 Å². The molecule has 1 nitrogen and oxygen atoms in total. The Morgan fingerprint density at radius 3 is 2.94 bits per heavy atom. The Morgan fingerprint density at radius 2 is 2.24 bits per heavy atom. The second-order valence-corrected chi connectivity index (χ2v) is 5.47. The first-order valence-electron chi connectivity index (χ1n) is 6.18. The molecule has 1 aliphatic rings. The van der Waals surface area contributed by atoms with Crippen LogP contribution in [-0.2, 0) is 0 Å². The number of nitrogens with one attached hydrogen (secondary N) is 1. The predicted molar refractivity (Wildman–Crippen MR) is 76.0 cm³/mol. The summed E-state index contributed by atoms with van der Waals surface area (Å²) in [5, 5.41) is 3.55. The van der Waals surface area contributed by atoms with Gasteiger partial charge in [0.1, 0.15) is 0 Å². The third kappa shape index (κ3) is 3.59. The summed E-state index contributed by atoms with van der Waals surface area (Å²) in [6.07, 6.45) is 3.49. The maximum Gasteiger partial charge on any atom is 0.0214 e. The predicted octanol–water partition coefficient (Wildman–Crippen LogP) is 3.70. The van der Waals surface area contributed by atoms with E-state index in [-0.39, 0.29) is 0 Å². The van der Waals surface area contributed by atoms with Crippen LogP contribution in [-0.4, -0.2) is 12.6 Å². The van der Waals surface area contributed by atoms with Crippen molar-refractivity contribution in [3.05, 3.63) is 34.3 Å². The molecule has 0 aromatic heterocycles. The minimum absolute atomic E-state index is 0.692. The molecule has 1 fully saturated rings. The molecular weight excluding hydrogens is 274 g/mol. The standard InChI is InChI=1S/C15H18BrN/c1-2-3-4-8-17-15-10-13(11-15)12-6-5-7-14(16)9-12/h5-7,9,13,15,17H,4,8,10-11H2,1H3. The van der Waals surface area contributed by atoms with Crippen molar-refractivity contribution >= 4 is 15.9 Å². The van der Waals surface area contributed by atoms with Crippen molar-refractivity contribution < 1.29 is 0 Å². The second kappa shape index (κ2) is 6.23. The molecule has 0 spiro atoms. The van der Waals surface area contributed by atoms with Gasteiger partial charge in [0.15, 0.2) is 0 Å². The SMILES string of the molecule is CC#CCCNC1CC(c2cccc(Br)c2)C1. The van der Waals surface area contributed by atoms with E-state index in [4.69, 9.17) is 0 Å². The maximum atomic E-state index is 3.55. The van der Waals surface area contributed by atoms with Crippen molar-refractivity contribution in [2.24, 2.45) is 0 Å². The van der Waals surface area contributed by atoms with Gasteiger partial charge in [-0.05, 0) is 43.4 Å². The zero-order chi connectivity index (χ0) is 12.1. The van der Waals surface area contributed by atoms with E-state index in [9.17, 15) is 0 Å². The Kier molecular flexibility index (Phi) is 4.65. The Hall–Kier alpha value is -0.780. The molecule has 1 aromatic rings. The fourth-order valence-electron chi connectivity index (χ4n) is 2.28. The van der Waals surface area contributed by atoms with Crippen LogP contribution in [0.3, 0.4) is 0 Å². The van der Waals surface area contributed by atoms with Gasteiger partial charge in [-0.3, -0.25) is 0 Å².